The van der Waals surface area contributed by atoms with Gasteiger partial charge in [0.05, 0.1) is 6.33 Å². The number of carbonyl (C=O) groups excluding carboxylic acids is 5. The van der Waals surface area contributed by atoms with Crippen LogP contribution >= 0.6 is 0 Å². The van der Waals surface area contributed by atoms with Gasteiger partial charge in [0, 0.05) is 37.7 Å². The summed E-state index contributed by atoms with van der Waals surface area (Å²) in [6, 6.07) is 0.690. The summed E-state index contributed by atoms with van der Waals surface area (Å²) in [7, 11) is 0. The third-order valence-electron chi connectivity index (χ3n) is 9.45. The Hall–Kier alpha value is -4.95. The molecule has 5 atom stereocenters. The van der Waals surface area contributed by atoms with Crippen LogP contribution in [0.25, 0.3) is 0 Å². The molecule has 1 saturated heterocycles. The number of hydrogen-bond acceptors (Lipinski definition) is 8. The summed E-state index contributed by atoms with van der Waals surface area (Å²) in [4.78, 5) is 86.1. The van der Waals surface area contributed by atoms with Crippen LogP contribution in [0.15, 0.2) is 36.8 Å². The largest absolute Gasteiger partial charge is 0.508 e. The van der Waals surface area contributed by atoms with Crippen molar-refractivity contribution in [2.24, 2.45) is 0 Å². The lowest BCUT2D eigenvalue weighted by Crippen LogP contribution is -2.57. The molecule has 1 aliphatic heterocycles. The van der Waals surface area contributed by atoms with Crippen LogP contribution in [0, 0.1) is 0 Å². The lowest BCUT2D eigenvalue weighted by molar-refractivity contribution is -0.144. The van der Waals surface area contributed by atoms with E-state index in [2.05, 4.69) is 38.2 Å². The number of amides is 5. The summed E-state index contributed by atoms with van der Waals surface area (Å²) >= 11 is 0. The van der Waals surface area contributed by atoms with Gasteiger partial charge in [-0.2, -0.15) is 0 Å². The number of rotatable bonds is 23. The van der Waals surface area contributed by atoms with Crippen LogP contribution < -0.4 is 21.3 Å². The molecule has 53 heavy (non-hydrogen) atoms. The zero-order chi connectivity index (χ0) is 38.8. The number of unbranched alkanes of at least 4 members (excludes halogenated alkanes) is 8. The van der Waals surface area contributed by atoms with Gasteiger partial charge >= 0.3 is 5.97 Å². The molecule has 7 N–H and O–H groups in total. The van der Waals surface area contributed by atoms with E-state index in [-0.39, 0.29) is 37.5 Å². The summed E-state index contributed by atoms with van der Waals surface area (Å²) in [6.45, 7) is 5.38. The molecule has 1 aromatic heterocycles. The average Bonchev–Trinajstić information content (AvgIpc) is 3.84. The average molecular weight is 740 g/mol. The van der Waals surface area contributed by atoms with Crippen molar-refractivity contribution < 1.29 is 39.0 Å². The maximum absolute atomic E-state index is 13.4. The number of aliphatic carboxylic acids is 1. The SMILES string of the molecule is CCCCCCCCCCCC(=O)N[C@@H](Cc1cnc[nH]1)C(=O)N[C@@H](C)C(=O)N[C@@H](C)C(=O)N1CCC[C@H]1C(=O)N[C@@H](Cc1ccc(O)cc1)C(=O)O. The van der Waals surface area contributed by atoms with Gasteiger partial charge < -0.3 is 41.4 Å². The van der Waals surface area contributed by atoms with E-state index >= 15 is 0 Å². The predicted molar refractivity (Wildman–Crippen MR) is 197 cm³/mol. The number of phenols is 1. The molecule has 0 radical (unpaired) electrons. The highest BCUT2D eigenvalue weighted by molar-refractivity contribution is 5.96. The van der Waals surface area contributed by atoms with E-state index in [0.29, 0.717) is 30.5 Å². The number of nitrogens with one attached hydrogen (secondary N) is 5. The van der Waals surface area contributed by atoms with E-state index in [0.717, 1.165) is 19.3 Å². The minimum absolute atomic E-state index is 0.0240. The van der Waals surface area contributed by atoms with Crippen molar-refractivity contribution in [3.8, 4) is 5.75 Å². The van der Waals surface area contributed by atoms with Crippen LogP contribution in [0.2, 0.25) is 0 Å². The molecule has 15 heteroatoms. The molecule has 3 rings (SSSR count). The molecule has 0 unspecified atom stereocenters. The van der Waals surface area contributed by atoms with Crippen LogP contribution in [-0.2, 0) is 41.6 Å². The summed E-state index contributed by atoms with van der Waals surface area (Å²) in [6.07, 6.45) is 14.3. The molecule has 2 aromatic rings. The molecule has 2 heterocycles. The molecule has 0 bridgehead atoms. The van der Waals surface area contributed by atoms with E-state index < -0.39 is 59.8 Å². The Kier molecular flexibility index (Phi) is 17.8. The topological polar surface area (TPSA) is 223 Å². The number of aromatic amines is 1. The molecule has 0 aliphatic carbocycles. The maximum atomic E-state index is 13.4. The van der Waals surface area contributed by atoms with Crippen molar-refractivity contribution in [3.63, 3.8) is 0 Å². The first-order chi connectivity index (χ1) is 25.4. The lowest BCUT2D eigenvalue weighted by atomic mass is 10.0. The smallest absolute Gasteiger partial charge is 0.326 e. The van der Waals surface area contributed by atoms with E-state index in [1.54, 1.807) is 18.3 Å². The fourth-order valence-electron chi connectivity index (χ4n) is 6.36. The fourth-order valence-corrected chi connectivity index (χ4v) is 6.36. The van der Waals surface area contributed by atoms with Gasteiger partial charge in [-0.25, -0.2) is 9.78 Å². The van der Waals surface area contributed by atoms with Gasteiger partial charge in [-0.1, -0.05) is 70.4 Å². The van der Waals surface area contributed by atoms with Crippen molar-refractivity contribution in [1.82, 2.24) is 36.1 Å². The minimum Gasteiger partial charge on any atom is -0.508 e. The minimum atomic E-state index is -1.26. The zero-order valence-corrected chi connectivity index (χ0v) is 31.2. The van der Waals surface area contributed by atoms with E-state index in [9.17, 15) is 39.0 Å². The number of likely N-dealkylation sites (tertiary alicyclic amines) is 1. The van der Waals surface area contributed by atoms with Crippen LogP contribution in [0.1, 0.15) is 109 Å². The number of phenolic OH excluding ortho intramolecular Hbond substituents is 1. The molecule has 0 spiro atoms. The van der Waals surface area contributed by atoms with Crippen LogP contribution in [0.4, 0.5) is 0 Å². The highest BCUT2D eigenvalue weighted by Gasteiger charge is 2.38. The number of carboxylic acid groups (broad SMARTS) is 1. The monoisotopic (exact) mass is 739 g/mol. The molecule has 292 valence electrons. The molecular formula is C38H57N7O8. The number of imidazole rings is 1. The predicted octanol–water partition coefficient (Wildman–Crippen LogP) is 2.88. The highest BCUT2D eigenvalue weighted by atomic mass is 16.4. The second kappa shape index (κ2) is 22.2. The number of carboxylic acids is 1. The first kappa shape index (κ1) is 42.5. The molecule has 1 aromatic carbocycles. The number of hydrogen-bond donors (Lipinski definition) is 7. The quantitative estimate of drug-likeness (QED) is 0.0832. The summed E-state index contributed by atoms with van der Waals surface area (Å²) in [5, 5.41) is 29.8. The summed E-state index contributed by atoms with van der Waals surface area (Å²) in [5.41, 5.74) is 1.22. The molecule has 1 fully saturated rings. The van der Waals surface area contributed by atoms with Crippen molar-refractivity contribution in [1.29, 1.82) is 0 Å². The van der Waals surface area contributed by atoms with Gasteiger partial charge in [0.2, 0.25) is 29.5 Å². The van der Waals surface area contributed by atoms with Crippen LogP contribution in [-0.4, -0.2) is 97.3 Å². The van der Waals surface area contributed by atoms with Gasteiger partial charge in [-0.15, -0.1) is 0 Å². The number of benzene rings is 1. The Morgan fingerprint density at radius 2 is 1.47 bits per heavy atom. The lowest BCUT2D eigenvalue weighted by Gasteiger charge is -2.29. The third-order valence-corrected chi connectivity index (χ3v) is 9.45. The van der Waals surface area contributed by atoms with E-state index in [1.165, 1.54) is 69.3 Å². The standard InChI is InChI=1S/C38H57N7O8/c1-4-5-6-7-8-9-10-11-12-15-33(47)43-30(22-28-23-39-24-40-28)35(49)41-25(2)34(48)42-26(3)37(51)45-20-13-14-32(45)36(50)44-31(38(52)53)21-27-16-18-29(46)19-17-27/h16-19,23-26,30-32,46H,4-15,20-22H2,1-3H3,(H,39,40)(H,41,49)(H,42,48)(H,43,47)(H,44,50)(H,52,53)/t25-,26-,30-,31-,32-/m0/s1. The number of aromatic hydroxyl groups is 1. The Bertz CT molecular complexity index is 1480. The summed E-state index contributed by atoms with van der Waals surface area (Å²) < 4.78 is 0. The Morgan fingerprint density at radius 3 is 2.09 bits per heavy atom. The molecule has 15 nitrogen and oxygen atoms in total. The van der Waals surface area contributed by atoms with Crippen molar-refractivity contribution in [3.05, 3.63) is 48.0 Å². The first-order valence-corrected chi connectivity index (χ1v) is 18.9. The molecule has 1 aliphatic rings. The normalized spacial score (nSPS) is 16.2. The molecular weight excluding hydrogens is 682 g/mol. The van der Waals surface area contributed by atoms with Gasteiger partial charge in [0.25, 0.3) is 0 Å². The third kappa shape index (κ3) is 14.5. The number of carbonyl (C=O) groups is 6. The van der Waals surface area contributed by atoms with Crippen LogP contribution in [0.3, 0.4) is 0 Å². The van der Waals surface area contributed by atoms with Gasteiger partial charge in [0.1, 0.15) is 36.0 Å². The van der Waals surface area contributed by atoms with Crippen molar-refractivity contribution >= 4 is 35.5 Å². The Balaban J connectivity index is 1.50. The van der Waals surface area contributed by atoms with Gasteiger partial charge in [-0.3, -0.25) is 24.0 Å². The van der Waals surface area contributed by atoms with Gasteiger partial charge in [0.15, 0.2) is 0 Å². The fraction of sp³-hybridized carbons (Fsp3) is 0.605. The number of aromatic nitrogens is 2. The second-order valence-corrected chi connectivity index (χ2v) is 13.9. The Labute approximate surface area is 311 Å². The molecule has 5 amide bonds. The van der Waals surface area contributed by atoms with E-state index in [4.69, 9.17) is 0 Å². The summed E-state index contributed by atoms with van der Waals surface area (Å²) in [5.74, 6) is -3.84. The van der Waals surface area contributed by atoms with E-state index in [1.807, 2.05) is 0 Å². The number of H-pyrrole nitrogens is 1. The van der Waals surface area contributed by atoms with Crippen molar-refractivity contribution in [2.75, 3.05) is 6.54 Å². The Morgan fingerprint density at radius 1 is 0.830 bits per heavy atom. The van der Waals surface area contributed by atoms with Crippen LogP contribution in [0.5, 0.6) is 5.75 Å². The zero-order valence-electron chi connectivity index (χ0n) is 31.2. The number of nitrogens with zero attached hydrogens (tertiary/aromatic N) is 2. The highest BCUT2D eigenvalue weighted by Crippen LogP contribution is 2.20. The second-order valence-electron chi connectivity index (χ2n) is 13.9. The first-order valence-electron chi connectivity index (χ1n) is 18.9. The molecule has 0 saturated carbocycles. The van der Waals surface area contributed by atoms with Crippen molar-refractivity contribution in [2.45, 2.75) is 141 Å². The van der Waals surface area contributed by atoms with Gasteiger partial charge in [-0.05, 0) is 50.8 Å². The maximum Gasteiger partial charge on any atom is 0.326 e.